The van der Waals surface area contributed by atoms with Gasteiger partial charge in [-0.2, -0.15) is 0 Å². The smallest absolute Gasteiger partial charge is 0.322 e. The molecule has 2 aromatic rings. The van der Waals surface area contributed by atoms with Gasteiger partial charge in [0.1, 0.15) is 0 Å². The number of amides is 2. The van der Waals surface area contributed by atoms with Crippen LogP contribution in [0.25, 0.3) is 0 Å². The predicted molar refractivity (Wildman–Crippen MR) is 86.2 cm³/mol. The summed E-state index contributed by atoms with van der Waals surface area (Å²) < 4.78 is 1.84. The Morgan fingerprint density at radius 2 is 2.00 bits per heavy atom. The third-order valence-electron chi connectivity index (χ3n) is 4.68. The summed E-state index contributed by atoms with van der Waals surface area (Å²) in [5.41, 5.74) is 0.728. The van der Waals surface area contributed by atoms with Gasteiger partial charge in [-0.3, -0.25) is 0 Å². The van der Waals surface area contributed by atoms with Crippen LogP contribution in [-0.4, -0.2) is 48.9 Å². The molecule has 2 N–H and O–H groups in total. The summed E-state index contributed by atoms with van der Waals surface area (Å²) in [6.45, 7) is -0.0658. The highest BCUT2D eigenvalue weighted by atomic mass is 16.3. The highest BCUT2D eigenvalue weighted by Crippen LogP contribution is 2.40. The molecule has 0 spiro atoms. The number of aliphatic hydroxyl groups excluding tert-OH is 1. The Labute approximate surface area is 139 Å². The van der Waals surface area contributed by atoms with E-state index in [0.717, 1.165) is 37.2 Å². The van der Waals surface area contributed by atoms with Crippen molar-refractivity contribution in [3.63, 3.8) is 0 Å². The summed E-state index contributed by atoms with van der Waals surface area (Å²) in [5, 5.41) is 24.6. The molecule has 1 aliphatic heterocycles. The maximum absolute atomic E-state index is 12.8. The number of nitrogens with one attached hydrogen (secondary N) is 1. The van der Waals surface area contributed by atoms with Crippen molar-refractivity contribution in [2.24, 2.45) is 0 Å². The molecule has 24 heavy (non-hydrogen) atoms. The normalized spacial score (nSPS) is 23.5. The predicted octanol–water partition coefficient (Wildman–Crippen LogP) is 1.74. The van der Waals surface area contributed by atoms with Crippen LogP contribution in [0.5, 0.6) is 0 Å². The van der Waals surface area contributed by atoms with E-state index >= 15 is 0 Å². The molecule has 0 radical (unpaired) electrons. The topological polar surface area (TPSA) is 96.2 Å². The second-order valence-electron chi connectivity index (χ2n) is 6.35. The summed E-state index contributed by atoms with van der Waals surface area (Å²) in [5.74, 6) is 0.719. The van der Waals surface area contributed by atoms with E-state index in [4.69, 9.17) is 0 Å². The van der Waals surface area contributed by atoms with Crippen LogP contribution in [0.3, 0.4) is 0 Å². The molecular formula is C16H20N6O2. The molecule has 1 aromatic heterocycles. The van der Waals surface area contributed by atoms with E-state index in [0.29, 0.717) is 6.04 Å². The first-order valence-electron chi connectivity index (χ1n) is 8.31. The number of hydrogen-bond acceptors (Lipinski definition) is 5. The SMILES string of the molecule is O=C(Nc1ccccc1)N1[C@H](CO)CC[C@H]1c1nnnn1C1CC1. The number of rotatable bonds is 4. The molecule has 2 aliphatic rings. The molecule has 2 atom stereocenters. The van der Waals surface area contributed by atoms with Gasteiger partial charge in [0.05, 0.1) is 24.7 Å². The molecule has 8 nitrogen and oxygen atoms in total. The van der Waals surface area contributed by atoms with Crippen LogP contribution in [0.15, 0.2) is 30.3 Å². The molecule has 8 heteroatoms. The maximum Gasteiger partial charge on any atom is 0.322 e. The lowest BCUT2D eigenvalue weighted by Gasteiger charge is -2.29. The molecule has 2 fully saturated rings. The van der Waals surface area contributed by atoms with E-state index in [-0.39, 0.29) is 24.7 Å². The summed E-state index contributed by atoms with van der Waals surface area (Å²) in [4.78, 5) is 14.5. The van der Waals surface area contributed by atoms with E-state index in [1.165, 1.54) is 0 Å². The molecule has 1 aromatic carbocycles. The fourth-order valence-corrected chi connectivity index (χ4v) is 3.33. The van der Waals surface area contributed by atoms with E-state index in [1.807, 2.05) is 35.0 Å². The van der Waals surface area contributed by atoms with Crippen molar-refractivity contribution in [3.05, 3.63) is 36.2 Å². The van der Waals surface area contributed by atoms with Gasteiger partial charge in [0.15, 0.2) is 5.82 Å². The highest BCUT2D eigenvalue weighted by Gasteiger charge is 2.42. The summed E-state index contributed by atoms with van der Waals surface area (Å²) in [6.07, 6.45) is 3.64. The Morgan fingerprint density at radius 1 is 1.21 bits per heavy atom. The van der Waals surface area contributed by atoms with E-state index in [2.05, 4.69) is 20.8 Å². The lowest BCUT2D eigenvalue weighted by atomic mass is 10.2. The molecule has 2 amide bonds. The van der Waals surface area contributed by atoms with Gasteiger partial charge in [0.2, 0.25) is 0 Å². The second-order valence-corrected chi connectivity index (χ2v) is 6.35. The monoisotopic (exact) mass is 328 g/mol. The zero-order chi connectivity index (χ0) is 16.5. The number of benzene rings is 1. The van der Waals surface area contributed by atoms with Crippen LogP contribution < -0.4 is 5.32 Å². The van der Waals surface area contributed by atoms with Crippen molar-refractivity contribution in [1.82, 2.24) is 25.1 Å². The van der Waals surface area contributed by atoms with Gasteiger partial charge in [0, 0.05) is 5.69 Å². The van der Waals surface area contributed by atoms with Crippen molar-refractivity contribution in [1.29, 1.82) is 0 Å². The number of urea groups is 1. The number of hydrogen-bond donors (Lipinski definition) is 2. The molecule has 0 unspecified atom stereocenters. The molecule has 0 bridgehead atoms. The number of aliphatic hydroxyl groups is 1. The average Bonchev–Trinajstić information content (AvgIpc) is 3.18. The zero-order valence-corrected chi connectivity index (χ0v) is 13.2. The third kappa shape index (κ3) is 2.73. The first-order chi connectivity index (χ1) is 11.8. The minimum absolute atomic E-state index is 0.0658. The van der Waals surface area contributed by atoms with E-state index < -0.39 is 0 Å². The number of nitrogens with zero attached hydrogens (tertiary/aromatic N) is 5. The van der Waals surface area contributed by atoms with Crippen LogP contribution in [0.1, 0.15) is 43.6 Å². The van der Waals surface area contributed by atoms with Crippen molar-refractivity contribution in [2.75, 3.05) is 11.9 Å². The number of likely N-dealkylation sites (tertiary alicyclic amines) is 1. The fourth-order valence-electron chi connectivity index (χ4n) is 3.33. The van der Waals surface area contributed by atoms with E-state index in [1.54, 1.807) is 4.90 Å². The Hall–Kier alpha value is -2.48. The lowest BCUT2D eigenvalue weighted by molar-refractivity contribution is 0.143. The zero-order valence-electron chi connectivity index (χ0n) is 13.2. The van der Waals surface area contributed by atoms with Gasteiger partial charge in [-0.1, -0.05) is 18.2 Å². The number of aromatic nitrogens is 4. The standard InChI is InChI=1S/C16H20N6O2/c23-10-13-8-9-14(15-18-19-20-22(15)12-6-7-12)21(13)16(24)17-11-4-2-1-3-5-11/h1-5,12-14,23H,6-10H2,(H,17,24)/t13-,14-/m0/s1. The average molecular weight is 328 g/mol. The molecule has 1 aliphatic carbocycles. The van der Waals surface area contributed by atoms with Crippen molar-refractivity contribution < 1.29 is 9.90 Å². The van der Waals surface area contributed by atoms with Crippen molar-refractivity contribution in [3.8, 4) is 0 Å². The van der Waals surface area contributed by atoms with Crippen molar-refractivity contribution in [2.45, 2.75) is 43.8 Å². The Kier molecular flexibility index (Phi) is 3.89. The third-order valence-corrected chi connectivity index (χ3v) is 4.68. The summed E-state index contributed by atoms with van der Waals surface area (Å²) >= 11 is 0. The van der Waals surface area contributed by atoms with Crippen LogP contribution in [0.2, 0.25) is 0 Å². The minimum Gasteiger partial charge on any atom is -0.394 e. The van der Waals surface area contributed by atoms with Crippen LogP contribution in [0.4, 0.5) is 10.5 Å². The Balaban J connectivity index is 1.59. The van der Waals surface area contributed by atoms with Crippen LogP contribution in [-0.2, 0) is 0 Å². The molecule has 1 saturated heterocycles. The Morgan fingerprint density at radius 3 is 2.71 bits per heavy atom. The quantitative estimate of drug-likeness (QED) is 0.891. The van der Waals surface area contributed by atoms with Crippen molar-refractivity contribution >= 4 is 11.7 Å². The second kappa shape index (κ2) is 6.20. The summed E-state index contributed by atoms with van der Waals surface area (Å²) in [7, 11) is 0. The molecular weight excluding hydrogens is 308 g/mol. The van der Waals surface area contributed by atoms with Gasteiger partial charge in [0.25, 0.3) is 0 Å². The number of tetrazole rings is 1. The summed E-state index contributed by atoms with van der Waals surface area (Å²) in [6, 6.07) is 9.01. The van der Waals surface area contributed by atoms with Gasteiger partial charge >= 0.3 is 6.03 Å². The number of para-hydroxylation sites is 1. The van der Waals surface area contributed by atoms with Gasteiger partial charge < -0.3 is 15.3 Å². The molecule has 126 valence electrons. The number of carbonyl (C=O) groups is 1. The molecule has 1 saturated carbocycles. The molecule has 2 heterocycles. The maximum atomic E-state index is 12.8. The van der Waals surface area contributed by atoms with Gasteiger partial charge in [-0.25, -0.2) is 9.48 Å². The number of carbonyl (C=O) groups excluding carboxylic acids is 1. The van der Waals surface area contributed by atoms with Crippen LogP contribution in [0, 0.1) is 0 Å². The van der Waals surface area contributed by atoms with E-state index in [9.17, 15) is 9.90 Å². The number of anilines is 1. The lowest BCUT2D eigenvalue weighted by Crippen LogP contribution is -2.42. The molecule has 4 rings (SSSR count). The first kappa shape index (κ1) is 15.1. The van der Waals surface area contributed by atoms with Gasteiger partial charge in [-0.15, -0.1) is 5.10 Å². The minimum atomic E-state index is -0.229. The Bertz CT molecular complexity index is 714. The fraction of sp³-hybridized carbons (Fsp3) is 0.500. The highest BCUT2D eigenvalue weighted by molar-refractivity contribution is 5.90. The van der Waals surface area contributed by atoms with Gasteiger partial charge in [-0.05, 0) is 48.2 Å². The van der Waals surface area contributed by atoms with Crippen LogP contribution >= 0.6 is 0 Å². The first-order valence-corrected chi connectivity index (χ1v) is 8.31. The largest absolute Gasteiger partial charge is 0.394 e.